The lowest BCUT2D eigenvalue weighted by molar-refractivity contribution is -0.116. The minimum absolute atomic E-state index is 0.101. The third kappa shape index (κ3) is 3.91. The molecule has 7 heteroatoms. The first kappa shape index (κ1) is 21.0. The zero-order chi connectivity index (χ0) is 22.9. The number of nitrogens with zero attached hydrogens (tertiary/aromatic N) is 3. The van der Waals surface area contributed by atoms with Gasteiger partial charge in [0.15, 0.2) is 0 Å². The average Bonchev–Trinajstić information content (AvgIpc) is 3.21. The van der Waals surface area contributed by atoms with Crippen LogP contribution in [0.5, 0.6) is 0 Å². The number of thiophene rings is 1. The number of amides is 1. The summed E-state index contributed by atoms with van der Waals surface area (Å²) in [7, 11) is 0. The van der Waals surface area contributed by atoms with E-state index in [1.54, 1.807) is 0 Å². The molecule has 0 aliphatic heterocycles. The van der Waals surface area contributed by atoms with E-state index in [2.05, 4.69) is 10.3 Å². The highest BCUT2D eigenvalue weighted by molar-refractivity contribution is 7.25. The molecule has 3 aromatic heterocycles. The predicted octanol–water partition coefficient (Wildman–Crippen LogP) is 5.18. The van der Waals surface area contributed by atoms with Crippen LogP contribution in [0.4, 0.5) is 5.69 Å². The van der Waals surface area contributed by atoms with Crippen molar-refractivity contribution in [2.24, 2.45) is 0 Å². The van der Waals surface area contributed by atoms with Gasteiger partial charge in [-0.15, -0.1) is 11.3 Å². The molecule has 3 heterocycles. The van der Waals surface area contributed by atoms with Gasteiger partial charge < -0.3 is 5.32 Å². The molecule has 0 atom stereocenters. The molecule has 0 fully saturated rings. The standard InChI is InChI=1S/C26H22N4O2S/c1-3-17-11-7-8-16(2)22(17)29-21(31)14-30-15-27-23-19-12-13-20(18-9-5-4-6-10-18)28-25(19)33-24(23)26(30)32/h4-13,15H,3,14H2,1-2H3,(H,29,31). The number of carbonyl (C=O) groups is 1. The summed E-state index contributed by atoms with van der Waals surface area (Å²) in [4.78, 5) is 35.9. The van der Waals surface area contributed by atoms with Crippen LogP contribution < -0.4 is 10.9 Å². The summed E-state index contributed by atoms with van der Waals surface area (Å²) in [5.41, 5.74) is 5.12. The van der Waals surface area contributed by atoms with E-state index >= 15 is 0 Å². The van der Waals surface area contributed by atoms with Crippen molar-refractivity contribution >= 4 is 43.4 Å². The van der Waals surface area contributed by atoms with Gasteiger partial charge in [-0.2, -0.15) is 0 Å². The predicted molar refractivity (Wildman–Crippen MR) is 134 cm³/mol. The van der Waals surface area contributed by atoms with Crippen LogP contribution in [0.3, 0.4) is 0 Å². The summed E-state index contributed by atoms with van der Waals surface area (Å²) in [6.45, 7) is 3.91. The Balaban J connectivity index is 1.47. The molecule has 5 aromatic rings. The number of carbonyl (C=O) groups excluding carboxylic acids is 1. The summed E-state index contributed by atoms with van der Waals surface area (Å²) >= 11 is 1.31. The van der Waals surface area contributed by atoms with Gasteiger partial charge in [-0.1, -0.05) is 55.5 Å². The molecule has 33 heavy (non-hydrogen) atoms. The lowest BCUT2D eigenvalue weighted by atomic mass is 10.1. The van der Waals surface area contributed by atoms with E-state index in [0.29, 0.717) is 10.2 Å². The molecular formula is C26H22N4O2S. The summed E-state index contributed by atoms with van der Waals surface area (Å²) in [5, 5.41) is 3.81. The van der Waals surface area contributed by atoms with E-state index in [4.69, 9.17) is 4.98 Å². The highest BCUT2D eigenvalue weighted by Gasteiger charge is 2.16. The van der Waals surface area contributed by atoms with Gasteiger partial charge in [0.25, 0.3) is 5.56 Å². The maximum atomic E-state index is 13.2. The summed E-state index contributed by atoms with van der Waals surface area (Å²) in [6.07, 6.45) is 2.25. The molecule has 0 unspecified atom stereocenters. The van der Waals surface area contributed by atoms with Gasteiger partial charge in [0.1, 0.15) is 16.1 Å². The number of rotatable bonds is 5. The Labute approximate surface area is 194 Å². The summed E-state index contributed by atoms with van der Waals surface area (Å²) < 4.78 is 1.86. The van der Waals surface area contributed by atoms with E-state index in [1.807, 2.05) is 74.5 Å². The molecule has 0 saturated carbocycles. The molecule has 164 valence electrons. The van der Waals surface area contributed by atoms with E-state index in [0.717, 1.165) is 44.7 Å². The first-order valence-corrected chi connectivity index (χ1v) is 11.6. The zero-order valence-corrected chi connectivity index (χ0v) is 19.1. The minimum Gasteiger partial charge on any atom is -0.324 e. The smallest absolute Gasteiger partial charge is 0.271 e. The normalized spacial score (nSPS) is 11.2. The molecular weight excluding hydrogens is 432 g/mol. The molecule has 6 nitrogen and oxygen atoms in total. The number of pyridine rings is 1. The highest BCUT2D eigenvalue weighted by atomic mass is 32.1. The number of hydrogen-bond donors (Lipinski definition) is 1. The lowest BCUT2D eigenvalue weighted by Crippen LogP contribution is -2.28. The number of hydrogen-bond acceptors (Lipinski definition) is 5. The van der Waals surface area contributed by atoms with Gasteiger partial charge in [-0.05, 0) is 36.6 Å². The summed E-state index contributed by atoms with van der Waals surface area (Å²) in [6, 6.07) is 19.7. The van der Waals surface area contributed by atoms with Crippen molar-refractivity contribution < 1.29 is 4.79 Å². The first-order chi connectivity index (χ1) is 16.0. The Morgan fingerprint density at radius 1 is 1.06 bits per heavy atom. The number of aromatic nitrogens is 3. The van der Waals surface area contributed by atoms with Gasteiger partial charge in [-0.3, -0.25) is 14.2 Å². The molecule has 0 saturated heterocycles. The van der Waals surface area contributed by atoms with Gasteiger partial charge in [0.05, 0.1) is 17.5 Å². The van der Waals surface area contributed by atoms with Gasteiger partial charge >= 0.3 is 0 Å². The van der Waals surface area contributed by atoms with Crippen LogP contribution in [-0.2, 0) is 17.8 Å². The van der Waals surface area contributed by atoms with Crippen molar-refractivity contribution in [3.63, 3.8) is 0 Å². The Morgan fingerprint density at radius 3 is 2.67 bits per heavy atom. The first-order valence-electron chi connectivity index (χ1n) is 10.8. The Bertz CT molecular complexity index is 1550. The quantitative estimate of drug-likeness (QED) is 0.397. The largest absolute Gasteiger partial charge is 0.324 e. The zero-order valence-electron chi connectivity index (χ0n) is 18.3. The van der Waals surface area contributed by atoms with Crippen molar-refractivity contribution in [1.82, 2.24) is 14.5 Å². The molecule has 1 N–H and O–H groups in total. The van der Waals surface area contributed by atoms with Crippen molar-refractivity contribution in [2.45, 2.75) is 26.8 Å². The molecule has 0 spiro atoms. The van der Waals surface area contributed by atoms with Gasteiger partial charge in [0, 0.05) is 16.6 Å². The Morgan fingerprint density at radius 2 is 1.88 bits per heavy atom. The van der Waals surface area contributed by atoms with Crippen LogP contribution in [-0.4, -0.2) is 20.4 Å². The lowest BCUT2D eigenvalue weighted by Gasteiger charge is -2.13. The van der Waals surface area contributed by atoms with Crippen LogP contribution in [0.1, 0.15) is 18.1 Å². The number of para-hydroxylation sites is 1. The third-order valence-corrected chi connectivity index (χ3v) is 6.78. The van der Waals surface area contributed by atoms with Crippen molar-refractivity contribution in [2.75, 3.05) is 5.32 Å². The molecule has 5 rings (SSSR count). The second-order valence-electron chi connectivity index (χ2n) is 7.88. The maximum Gasteiger partial charge on any atom is 0.271 e. The van der Waals surface area contributed by atoms with Crippen LogP contribution in [0.2, 0.25) is 0 Å². The van der Waals surface area contributed by atoms with Crippen LogP contribution in [0.15, 0.2) is 71.8 Å². The summed E-state index contributed by atoms with van der Waals surface area (Å²) in [5.74, 6) is -0.257. The maximum absolute atomic E-state index is 13.2. The molecule has 0 aliphatic rings. The Kier molecular flexibility index (Phi) is 5.48. The van der Waals surface area contributed by atoms with Crippen LogP contribution in [0.25, 0.3) is 31.7 Å². The van der Waals surface area contributed by atoms with E-state index in [9.17, 15) is 9.59 Å². The van der Waals surface area contributed by atoms with Crippen molar-refractivity contribution in [3.8, 4) is 11.3 Å². The topological polar surface area (TPSA) is 76.9 Å². The van der Waals surface area contributed by atoms with Crippen LogP contribution in [0, 0.1) is 6.92 Å². The minimum atomic E-state index is -0.257. The number of fused-ring (bicyclic) bond motifs is 3. The second-order valence-corrected chi connectivity index (χ2v) is 8.88. The monoisotopic (exact) mass is 454 g/mol. The number of aryl methyl sites for hydroxylation is 2. The van der Waals surface area contributed by atoms with E-state index in [-0.39, 0.29) is 18.0 Å². The Hall–Kier alpha value is -3.84. The molecule has 1 amide bonds. The fourth-order valence-electron chi connectivity index (χ4n) is 3.97. The molecule has 0 aliphatic carbocycles. The van der Waals surface area contributed by atoms with E-state index < -0.39 is 0 Å². The SMILES string of the molecule is CCc1cccc(C)c1NC(=O)Cn1cnc2c(sc3nc(-c4ccccc4)ccc32)c1=O. The molecule has 2 aromatic carbocycles. The second kappa shape index (κ2) is 8.60. The fraction of sp³-hybridized carbons (Fsp3) is 0.154. The highest BCUT2D eigenvalue weighted by Crippen LogP contribution is 2.31. The van der Waals surface area contributed by atoms with Crippen molar-refractivity contribution in [3.05, 3.63) is 88.5 Å². The number of nitrogens with one attached hydrogen (secondary N) is 1. The van der Waals surface area contributed by atoms with Crippen LogP contribution >= 0.6 is 11.3 Å². The van der Waals surface area contributed by atoms with Gasteiger partial charge in [-0.25, -0.2) is 9.97 Å². The molecule has 0 bridgehead atoms. The third-order valence-electron chi connectivity index (χ3n) is 5.70. The molecule has 0 radical (unpaired) electrons. The van der Waals surface area contributed by atoms with Gasteiger partial charge in [0.2, 0.25) is 5.91 Å². The number of anilines is 1. The fourth-order valence-corrected chi connectivity index (χ4v) is 5.04. The van der Waals surface area contributed by atoms with Crippen molar-refractivity contribution in [1.29, 1.82) is 0 Å². The van der Waals surface area contributed by atoms with E-state index in [1.165, 1.54) is 22.2 Å². The number of benzene rings is 2. The average molecular weight is 455 g/mol.